The molecule has 0 radical (unpaired) electrons. The molecule has 17 heavy (non-hydrogen) atoms. The van der Waals surface area contributed by atoms with Crippen molar-refractivity contribution in [3.63, 3.8) is 0 Å². The summed E-state index contributed by atoms with van der Waals surface area (Å²) in [5.74, 6) is 0.806. The quantitative estimate of drug-likeness (QED) is 0.844. The summed E-state index contributed by atoms with van der Waals surface area (Å²) in [6.07, 6.45) is 3.13. The van der Waals surface area contributed by atoms with Crippen LogP contribution in [0.2, 0.25) is 0 Å². The molecule has 0 amide bonds. The van der Waals surface area contributed by atoms with Crippen LogP contribution in [0.4, 0.5) is 5.82 Å². The van der Waals surface area contributed by atoms with E-state index in [9.17, 15) is 4.79 Å². The first-order valence-corrected chi connectivity index (χ1v) is 6.87. The highest BCUT2D eigenvalue weighted by Gasteiger charge is 2.12. The van der Waals surface area contributed by atoms with Gasteiger partial charge in [-0.25, -0.2) is 9.78 Å². The summed E-state index contributed by atoms with van der Waals surface area (Å²) < 4.78 is 0. The Morgan fingerprint density at radius 1 is 1.59 bits per heavy atom. The first kappa shape index (κ1) is 13.8. The summed E-state index contributed by atoms with van der Waals surface area (Å²) in [7, 11) is 1.94. The standard InChI is InChI=1S/C12H18N2O2S/c1-9(7-8-17-3)14(2)11-6-4-5-10(13-11)12(15)16/h4-6,9H,7-8H2,1-3H3,(H,15,16). The minimum atomic E-state index is -0.989. The van der Waals surface area contributed by atoms with E-state index in [4.69, 9.17) is 5.11 Å². The minimum absolute atomic E-state index is 0.0893. The van der Waals surface area contributed by atoms with Crippen LogP contribution in [-0.2, 0) is 0 Å². The maximum atomic E-state index is 10.8. The van der Waals surface area contributed by atoms with Crippen molar-refractivity contribution in [2.75, 3.05) is 24.0 Å². The van der Waals surface area contributed by atoms with Crippen LogP contribution < -0.4 is 4.90 Å². The largest absolute Gasteiger partial charge is 0.477 e. The van der Waals surface area contributed by atoms with Crippen LogP contribution in [0.1, 0.15) is 23.8 Å². The van der Waals surface area contributed by atoms with Gasteiger partial charge in [-0.1, -0.05) is 6.07 Å². The van der Waals surface area contributed by atoms with E-state index in [1.165, 1.54) is 6.07 Å². The Morgan fingerprint density at radius 2 is 2.29 bits per heavy atom. The Bertz CT molecular complexity index is 385. The third-order valence-corrected chi connectivity index (χ3v) is 3.36. The van der Waals surface area contributed by atoms with Crippen molar-refractivity contribution in [1.29, 1.82) is 0 Å². The number of carbonyl (C=O) groups is 1. The lowest BCUT2D eigenvalue weighted by Gasteiger charge is -2.25. The predicted octanol–water partition coefficient (Wildman–Crippen LogP) is 2.36. The highest BCUT2D eigenvalue weighted by Crippen LogP contribution is 2.15. The first-order chi connectivity index (χ1) is 8.06. The number of rotatable bonds is 6. The zero-order chi connectivity index (χ0) is 12.8. The molecular formula is C12H18N2O2S. The Hall–Kier alpha value is -1.23. The van der Waals surface area contributed by atoms with Crippen LogP contribution in [0.25, 0.3) is 0 Å². The average molecular weight is 254 g/mol. The van der Waals surface area contributed by atoms with Crippen LogP contribution in [0.3, 0.4) is 0 Å². The minimum Gasteiger partial charge on any atom is -0.477 e. The number of aromatic carboxylic acids is 1. The second kappa shape index (κ2) is 6.49. The number of carboxylic acid groups (broad SMARTS) is 1. The molecular weight excluding hydrogens is 236 g/mol. The van der Waals surface area contributed by atoms with Gasteiger partial charge in [0.25, 0.3) is 0 Å². The maximum Gasteiger partial charge on any atom is 0.354 e. The Balaban J connectivity index is 2.77. The fraction of sp³-hybridized carbons (Fsp3) is 0.500. The van der Waals surface area contributed by atoms with E-state index in [-0.39, 0.29) is 5.69 Å². The Kier molecular flexibility index (Phi) is 5.28. The maximum absolute atomic E-state index is 10.8. The highest BCUT2D eigenvalue weighted by atomic mass is 32.2. The molecule has 94 valence electrons. The molecule has 0 fully saturated rings. The van der Waals surface area contributed by atoms with Gasteiger partial charge in [-0.2, -0.15) is 11.8 Å². The summed E-state index contributed by atoms with van der Waals surface area (Å²) in [6, 6.07) is 5.41. The van der Waals surface area contributed by atoms with Gasteiger partial charge < -0.3 is 10.0 Å². The summed E-state index contributed by atoms with van der Waals surface area (Å²) in [5.41, 5.74) is 0.0893. The Morgan fingerprint density at radius 3 is 2.88 bits per heavy atom. The SMILES string of the molecule is CSCCC(C)N(C)c1cccc(C(=O)O)n1. The van der Waals surface area contributed by atoms with Gasteiger partial charge in [-0.3, -0.25) is 0 Å². The number of thioether (sulfide) groups is 1. The second-order valence-corrected chi connectivity index (χ2v) is 4.91. The zero-order valence-corrected chi connectivity index (χ0v) is 11.2. The molecule has 1 heterocycles. The van der Waals surface area contributed by atoms with E-state index in [2.05, 4.69) is 18.2 Å². The van der Waals surface area contributed by atoms with Crippen LogP contribution in [0.5, 0.6) is 0 Å². The van der Waals surface area contributed by atoms with E-state index >= 15 is 0 Å². The van der Waals surface area contributed by atoms with Gasteiger partial charge in [0.05, 0.1) is 0 Å². The molecule has 1 aromatic rings. The normalized spacial score (nSPS) is 12.2. The van der Waals surface area contributed by atoms with Crippen molar-refractivity contribution in [3.8, 4) is 0 Å². The first-order valence-electron chi connectivity index (χ1n) is 5.48. The van der Waals surface area contributed by atoms with Crippen LogP contribution in [0.15, 0.2) is 18.2 Å². The number of anilines is 1. The van der Waals surface area contributed by atoms with Crippen molar-refractivity contribution in [2.45, 2.75) is 19.4 Å². The van der Waals surface area contributed by atoms with Crippen LogP contribution in [-0.4, -0.2) is 41.2 Å². The summed E-state index contributed by atoms with van der Waals surface area (Å²) in [5, 5.41) is 8.89. The molecule has 1 rings (SSSR count). The van der Waals surface area contributed by atoms with Crippen LogP contribution >= 0.6 is 11.8 Å². The molecule has 0 saturated heterocycles. The number of nitrogens with zero attached hydrogens (tertiary/aromatic N) is 2. The number of hydrogen-bond acceptors (Lipinski definition) is 4. The Labute approximate surface area is 106 Å². The second-order valence-electron chi connectivity index (χ2n) is 3.93. The molecule has 1 atom stereocenters. The van der Waals surface area contributed by atoms with Crippen molar-refractivity contribution in [1.82, 2.24) is 4.98 Å². The smallest absolute Gasteiger partial charge is 0.354 e. The summed E-state index contributed by atoms with van der Waals surface area (Å²) >= 11 is 1.81. The third kappa shape index (κ3) is 3.93. The summed E-state index contributed by atoms with van der Waals surface area (Å²) in [4.78, 5) is 17.0. The van der Waals surface area contributed by atoms with E-state index in [0.717, 1.165) is 12.2 Å². The van der Waals surface area contributed by atoms with Gasteiger partial charge in [0.15, 0.2) is 5.69 Å². The van der Waals surface area contributed by atoms with Gasteiger partial charge in [0, 0.05) is 13.1 Å². The fourth-order valence-corrected chi connectivity index (χ4v) is 2.02. The van der Waals surface area contributed by atoms with Gasteiger partial charge >= 0.3 is 5.97 Å². The van der Waals surface area contributed by atoms with Gasteiger partial charge in [0.2, 0.25) is 0 Å². The molecule has 4 nitrogen and oxygen atoms in total. The van der Waals surface area contributed by atoms with Gasteiger partial charge in [-0.15, -0.1) is 0 Å². The van der Waals surface area contributed by atoms with E-state index in [1.54, 1.807) is 6.07 Å². The van der Waals surface area contributed by atoms with Crippen LogP contribution in [0, 0.1) is 0 Å². The molecule has 0 aliphatic rings. The number of aromatic nitrogens is 1. The van der Waals surface area contributed by atoms with E-state index < -0.39 is 5.97 Å². The molecule has 0 bridgehead atoms. The lowest BCUT2D eigenvalue weighted by atomic mass is 10.2. The van der Waals surface area contributed by atoms with Crippen molar-refractivity contribution < 1.29 is 9.90 Å². The molecule has 0 saturated carbocycles. The predicted molar refractivity (Wildman–Crippen MR) is 72.1 cm³/mol. The number of carboxylic acids is 1. The topological polar surface area (TPSA) is 53.4 Å². The molecule has 5 heteroatoms. The average Bonchev–Trinajstić information content (AvgIpc) is 2.35. The summed E-state index contributed by atoms with van der Waals surface area (Å²) in [6.45, 7) is 2.12. The zero-order valence-electron chi connectivity index (χ0n) is 10.4. The van der Waals surface area contributed by atoms with Crippen molar-refractivity contribution in [2.24, 2.45) is 0 Å². The molecule has 0 aromatic carbocycles. The van der Waals surface area contributed by atoms with Crippen molar-refractivity contribution in [3.05, 3.63) is 23.9 Å². The third-order valence-electron chi connectivity index (χ3n) is 2.72. The number of hydrogen-bond donors (Lipinski definition) is 1. The molecule has 0 spiro atoms. The molecule has 1 unspecified atom stereocenters. The molecule has 1 aromatic heterocycles. The highest BCUT2D eigenvalue weighted by molar-refractivity contribution is 7.98. The van der Waals surface area contributed by atoms with E-state index in [1.807, 2.05) is 29.8 Å². The van der Waals surface area contributed by atoms with E-state index in [0.29, 0.717) is 11.9 Å². The number of pyridine rings is 1. The fourth-order valence-electron chi connectivity index (χ4n) is 1.45. The van der Waals surface area contributed by atoms with Gasteiger partial charge in [-0.05, 0) is 37.5 Å². The lowest BCUT2D eigenvalue weighted by Crippen LogP contribution is -2.30. The lowest BCUT2D eigenvalue weighted by molar-refractivity contribution is 0.0690. The molecule has 1 N–H and O–H groups in total. The monoisotopic (exact) mass is 254 g/mol. The van der Waals surface area contributed by atoms with Crippen molar-refractivity contribution >= 4 is 23.5 Å². The van der Waals surface area contributed by atoms with Gasteiger partial charge in [0.1, 0.15) is 5.82 Å². The molecule has 0 aliphatic carbocycles. The molecule has 0 aliphatic heterocycles.